The highest BCUT2D eigenvalue weighted by Crippen LogP contribution is 2.42. The topological polar surface area (TPSA) is 44.1 Å². The quantitative estimate of drug-likeness (QED) is 0.570. The first kappa shape index (κ1) is 18.5. The number of imidazole rings is 1. The third-order valence-electron chi connectivity index (χ3n) is 5.42. The van der Waals surface area contributed by atoms with Gasteiger partial charge in [0.15, 0.2) is 5.82 Å². The zero-order valence-corrected chi connectivity index (χ0v) is 15.1. The molecule has 0 radical (unpaired) electrons. The van der Waals surface area contributed by atoms with Crippen LogP contribution >= 0.6 is 0 Å². The molecule has 7 heteroatoms. The Balaban J connectivity index is 1.62. The molecule has 1 aliphatic carbocycles. The van der Waals surface area contributed by atoms with Crippen molar-refractivity contribution in [3.63, 3.8) is 0 Å². The smallest absolute Gasteiger partial charge is 0.320 e. The van der Waals surface area contributed by atoms with Crippen molar-refractivity contribution in [3.8, 4) is 0 Å². The van der Waals surface area contributed by atoms with E-state index < -0.39 is 23.8 Å². The van der Waals surface area contributed by atoms with Gasteiger partial charge in [-0.15, -0.1) is 0 Å². The standard InChI is InChI=1S/C21H19F3N2O2/c22-15-7-5-6-14(12-15)21(10-3-4-11-21)19(27)28-13-18-25-16-8-1-2-9-17(16)26(18)20(23)24/h1-2,5-9,12,20H,3-4,10-11,13H2. The van der Waals surface area contributed by atoms with Crippen molar-refractivity contribution in [3.05, 3.63) is 65.7 Å². The monoisotopic (exact) mass is 388 g/mol. The zero-order valence-electron chi connectivity index (χ0n) is 15.1. The number of benzene rings is 2. The summed E-state index contributed by atoms with van der Waals surface area (Å²) >= 11 is 0. The Bertz CT molecular complexity index is 1010. The van der Waals surface area contributed by atoms with E-state index in [1.165, 1.54) is 12.1 Å². The summed E-state index contributed by atoms with van der Waals surface area (Å²) in [4.78, 5) is 17.2. The molecule has 0 bridgehead atoms. The minimum atomic E-state index is -2.80. The molecule has 0 spiro atoms. The number of alkyl halides is 2. The van der Waals surface area contributed by atoms with E-state index in [0.717, 1.165) is 17.4 Å². The minimum Gasteiger partial charge on any atom is -0.457 e. The van der Waals surface area contributed by atoms with Crippen LogP contribution in [0.5, 0.6) is 0 Å². The Hall–Kier alpha value is -2.83. The third kappa shape index (κ3) is 3.15. The number of hydrogen-bond donors (Lipinski definition) is 0. The van der Waals surface area contributed by atoms with Crippen molar-refractivity contribution in [2.45, 2.75) is 44.3 Å². The maximum atomic E-state index is 13.7. The number of nitrogens with zero attached hydrogens (tertiary/aromatic N) is 2. The number of fused-ring (bicyclic) bond motifs is 1. The van der Waals surface area contributed by atoms with Gasteiger partial charge < -0.3 is 4.74 Å². The van der Waals surface area contributed by atoms with Gasteiger partial charge in [-0.1, -0.05) is 37.1 Å². The molecule has 28 heavy (non-hydrogen) atoms. The van der Waals surface area contributed by atoms with E-state index in [2.05, 4.69) is 4.98 Å². The van der Waals surface area contributed by atoms with Crippen molar-refractivity contribution in [2.24, 2.45) is 0 Å². The van der Waals surface area contributed by atoms with Gasteiger partial charge in [-0.05, 0) is 42.7 Å². The molecule has 0 amide bonds. The fourth-order valence-electron chi connectivity index (χ4n) is 4.06. The van der Waals surface area contributed by atoms with Gasteiger partial charge in [0.1, 0.15) is 12.4 Å². The van der Waals surface area contributed by atoms with Crippen LogP contribution in [0.15, 0.2) is 48.5 Å². The van der Waals surface area contributed by atoms with Gasteiger partial charge in [0, 0.05) is 0 Å². The number of para-hydroxylation sites is 2. The van der Waals surface area contributed by atoms with Crippen molar-refractivity contribution >= 4 is 17.0 Å². The van der Waals surface area contributed by atoms with Crippen molar-refractivity contribution in [1.82, 2.24) is 9.55 Å². The first-order valence-electron chi connectivity index (χ1n) is 9.18. The molecule has 1 fully saturated rings. The van der Waals surface area contributed by atoms with Crippen LogP contribution in [-0.2, 0) is 21.6 Å². The molecule has 1 saturated carbocycles. The normalized spacial score (nSPS) is 16.0. The summed E-state index contributed by atoms with van der Waals surface area (Å²) in [7, 11) is 0. The molecule has 4 nitrogen and oxygen atoms in total. The molecule has 1 aromatic heterocycles. The first-order valence-corrected chi connectivity index (χ1v) is 9.18. The van der Waals surface area contributed by atoms with E-state index in [0.29, 0.717) is 23.9 Å². The average Bonchev–Trinajstić information content (AvgIpc) is 3.31. The SMILES string of the molecule is O=C(OCc1nc2ccccc2n1C(F)F)C1(c2cccc(F)c2)CCCC1. The fraction of sp³-hybridized carbons (Fsp3) is 0.333. The van der Waals surface area contributed by atoms with Gasteiger partial charge in [0.05, 0.1) is 16.4 Å². The summed E-state index contributed by atoms with van der Waals surface area (Å²) in [5.74, 6) is -0.962. The lowest BCUT2D eigenvalue weighted by Crippen LogP contribution is -2.35. The van der Waals surface area contributed by atoms with E-state index in [9.17, 15) is 18.0 Å². The Morgan fingerprint density at radius 2 is 1.89 bits per heavy atom. The fourth-order valence-corrected chi connectivity index (χ4v) is 4.06. The molecular formula is C21H19F3N2O2. The number of ether oxygens (including phenoxy) is 1. The highest BCUT2D eigenvalue weighted by molar-refractivity contribution is 5.83. The Morgan fingerprint density at radius 3 is 2.61 bits per heavy atom. The largest absolute Gasteiger partial charge is 0.457 e. The minimum absolute atomic E-state index is 0.0167. The molecule has 146 valence electrons. The van der Waals surface area contributed by atoms with Crippen LogP contribution < -0.4 is 0 Å². The molecular weight excluding hydrogens is 369 g/mol. The van der Waals surface area contributed by atoms with Crippen molar-refractivity contribution < 1.29 is 22.7 Å². The number of carbonyl (C=O) groups excluding carboxylic acids is 1. The first-order chi connectivity index (χ1) is 13.5. The maximum Gasteiger partial charge on any atom is 0.320 e. The lowest BCUT2D eigenvalue weighted by Gasteiger charge is -2.27. The average molecular weight is 388 g/mol. The summed E-state index contributed by atoms with van der Waals surface area (Å²) in [5, 5.41) is 0. The van der Waals surface area contributed by atoms with Crippen molar-refractivity contribution in [1.29, 1.82) is 0 Å². The molecule has 4 rings (SSSR count). The zero-order chi connectivity index (χ0) is 19.7. The molecule has 0 N–H and O–H groups in total. The molecule has 0 atom stereocenters. The molecule has 3 aromatic rings. The predicted octanol–water partition coefficient (Wildman–Crippen LogP) is 5.13. The Kier molecular flexibility index (Phi) is 4.83. The third-order valence-corrected chi connectivity index (χ3v) is 5.42. The van der Waals surface area contributed by atoms with Crippen LogP contribution in [-0.4, -0.2) is 15.5 Å². The summed E-state index contributed by atoms with van der Waals surface area (Å²) in [5.41, 5.74) is 0.320. The second-order valence-electron chi connectivity index (χ2n) is 7.04. The number of halogens is 3. The van der Waals surface area contributed by atoms with Crippen LogP contribution in [0.2, 0.25) is 0 Å². The molecule has 2 aromatic carbocycles. The summed E-state index contributed by atoms with van der Waals surface area (Å²) < 4.78 is 47.0. The Labute approximate surface area is 159 Å². The van der Waals surface area contributed by atoms with Gasteiger partial charge in [-0.25, -0.2) is 9.37 Å². The van der Waals surface area contributed by atoms with Crippen molar-refractivity contribution in [2.75, 3.05) is 0 Å². The number of rotatable bonds is 5. The molecule has 0 aliphatic heterocycles. The van der Waals surface area contributed by atoms with Gasteiger partial charge in [-0.2, -0.15) is 8.78 Å². The molecule has 1 heterocycles. The van der Waals surface area contributed by atoms with Crippen LogP contribution in [0.1, 0.15) is 43.6 Å². The highest BCUT2D eigenvalue weighted by atomic mass is 19.3. The molecule has 0 saturated heterocycles. The second-order valence-corrected chi connectivity index (χ2v) is 7.04. The number of carbonyl (C=O) groups is 1. The van der Waals surface area contributed by atoms with E-state index in [4.69, 9.17) is 4.74 Å². The van der Waals surface area contributed by atoms with E-state index in [-0.39, 0.29) is 17.9 Å². The van der Waals surface area contributed by atoms with Crippen LogP contribution in [0.4, 0.5) is 13.2 Å². The van der Waals surface area contributed by atoms with Gasteiger partial charge in [0.25, 0.3) is 0 Å². The van der Waals surface area contributed by atoms with Gasteiger partial charge in [-0.3, -0.25) is 9.36 Å². The lowest BCUT2D eigenvalue weighted by molar-refractivity contribution is -0.152. The van der Waals surface area contributed by atoms with E-state index >= 15 is 0 Å². The summed E-state index contributed by atoms with van der Waals surface area (Å²) in [6, 6.07) is 12.5. The Morgan fingerprint density at radius 1 is 1.14 bits per heavy atom. The number of aromatic nitrogens is 2. The van der Waals surface area contributed by atoms with E-state index in [1.54, 1.807) is 36.4 Å². The number of hydrogen-bond acceptors (Lipinski definition) is 3. The lowest BCUT2D eigenvalue weighted by atomic mass is 9.79. The van der Waals surface area contributed by atoms with Gasteiger partial charge >= 0.3 is 12.5 Å². The predicted molar refractivity (Wildman–Crippen MR) is 97.3 cm³/mol. The van der Waals surface area contributed by atoms with Gasteiger partial charge in [0.2, 0.25) is 0 Å². The second kappa shape index (κ2) is 7.30. The summed E-state index contributed by atoms with van der Waals surface area (Å²) in [6.45, 7) is -3.17. The molecule has 0 unspecified atom stereocenters. The van der Waals surface area contributed by atoms with Crippen LogP contribution in [0.25, 0.3) is 11.0 Å². The summed E-state index contributed by atoms with van der Waals surface area (Å²) in [6.07, 6.45) is 2.73. The van der Waals surface area contributed by atoms with Crippen LogP contribution in [0, 0.1) is 5.82 Å². The number of esters is 1. The highest BCUT2D eigenvalue weighted by Gasteiger charge is 2.44. The molecule has 1 aliphatic rings. The van der Waals surface area contributed by atoms with Crippen LogP contribution in [0.3, 0.4) is 0 Å². The maximum absolute atomic E-state index is 13.7. The van der Waals surface area contributed by atoms with E-state index in [1.807, 2.05) is 0 Å².